The van der Waals surface area contributed by atoms with E-state index in [0.29, 0.717) is 4.83 Å². The Balaban J connectivity index is 0.00000289. The summed E-state index contributed by atoms with van der Waals surface area (Å²) in [6.45, 7) is 2.15. The van der Waals surface area contributed by atoms with E-state index in [1.165, 1.54) is 18.6 Å². The van der Waals surface area contributed by atoms with E-state index in [0.717, 1.165) is 24.8 Å². The zero-order valence-electron chi connectivity index (χ0n) is 10.7. The second kappa shape index (κ2) is 8.72. The van der Waals surface area contributed by atoms with E-state index in [9.17, 15) is 13.0 Å². The summed E-state index contributed by atoms with van der Waals surface area (Å²) in [6, 6.07) is 6.14. The number of benzene rings is 1. The molecule has 0 aliphatic heterocycles. The Morgan fingerprint density at radius 1 is 1.28 bits per heavy atom. The van der Waals surface area contributed by atoms with Gasteiger partial charge in [-0.2, -0.15) is 0 Å². The van der Waals surface area contributed by atoms with Crippen LogP contribution in [0.3, 0.4) is 0 Å². The number of alkyl halides is 1. The van der Waals surface area contributed by atoms with Gasteiger partial charge in [-0.05, 0) is 30.5 Å². The van der Waals surface area contributed by atoms with Gasteiger partial charge in [-0.15, -0.1) is 0 Å². The number of hydrogen-bond acceptors (Lipinski definition) is 3. The Bertz CT molecular complexity index is 445. The van der Waals surface area contributed by atoms with Crippen molar-refractivity contribution in [3.63, 3.8) is 0 Å². The van der Waals surface area contributed by atoms with Crippen LogP contribution < -0.4 is 29.6 Å². The van der Waals surface area contributed by atoms with Crippen molar-refractivity contribution in [3.8, 4) is 0 Å². The Kier molecular flexibility index (Phi) is 9.01. The molecular formula is C12H16BrNaO3S. The molecule has 0 aromatic heterocycles. The summed E-state index contributed by atoms with van der Waals surface area (Å²) in [4.78, 5) is 0.234. The average Bonchev–Trinajstić information content (AvgIpc) is 2.26. The van der Waals surface area contributed by atoms with Gasteiger partial charge < -0.3 is 4.55 Å². The molecule has 1 unspecified atom stereocenters. The Hall–Kier alpha value is 0.610. The summed E-state index contributed by atoms with van der Waals surface area (Å²) >= 11 is 3.59. The minimum absolute atomic E-state index is 0. The van der Waals surface area contributed by atoms with Gasteiger partial charge in [0.25, 0.3) is 0 Å². The predicted molar refractivity (Wildman–Crippen MR) is 70.3 cm³/mol. The molecule has 0 amide bonds. The number of unbranched alkanes of at least 4 members (excludes halogenated alkanes) is 1. The minimum atomic E-state index is -4.32. The van der Waals surface area contributed by atoms with Crippen LogP contribution in [0.25, 0.3) is 0 Å². The summed E-state index contributed by atoms with van der Waals surface area (Å²) in [7, 11) is -4.32. The molecule has 0 spiro atoms. The van der Waals surface area contributed by atoms with Crippen molar-refractivity contribution in [1.29, 1.82) is 0 Å². The molecule has 1 aromatic carbocycles. The van der Waals surface area contributed by atoms with Crippen molar-refractivity contribution in [2.45, 2.75) is 42.3 Å². The molecule has 0 saturated heterocycles. The SMILES string of the molecule is CCCCC(Br)Cc1ccc(S(=O)(=O)[O-])cc1.[Na+]. The van der Waals surface area contributed by atoms with Gasteiger partial charge in [0, 0.05) is 4.83 Å². The summed E-state index contributed by atoms with van der Waals surface area (Å²) < 4.78 is 32.2. The largest absolute Gasteiger partial charge is 1.00 e. The summed E-state index contributed by atoms with van der Waals surface area (Å²) in [5, 5.41) is 0. The standard InChI is InChI=1S/C12H17BrO3S.Na/c1-2-3-4-11(13)9-10-5-7-12(8-6-10)17(14,15)16;/h5-8,11H,2-4,9H2,1H3,(H,14,15,16);/q;+1/p-1. The van der Waals surface area contributed by atoms with Crippen molar-refractivity contribution < 1.29 is 42.5 Å². The van der Waals surface area contributed by atoms with Gasteiger partial charge in [0.2, 0.25) is 0 Å². The van der Waals surface area contributed by atoms with Gasteiger partial charge in [-0.3, -0.25) is 0 Å². The minimum Gasteiger partial charge on any atom is -0.744 e. The van der Waals surface area contributed by atoms with E-state index in [1.54, 1.807) is 12.1 Å². The predicted octanol–water partition coefficient (Wildman–Crippen LogP) is 0.0909. The first-order valence-electron chi connectivity index (χ1n) is 5.62. The van der Waals surface area contributed by atoms with Gasteiger partial charge in [-0.1, -0.05) is 47.8 Å². The third kappa shape index (κ3) is 6.68. The fourth-order valence-corrected chi connectivity index (χ4v) is 2.74. The molecule has 0 radical (unpaired) electrons. The first kappa shape index (κ1) is 18.6. The topological polar surface area (TPSA) is 57.2 Å². The Labute approximate surface area is 140 Å². The van der Waals surface area contributed by atoms with Crippen LogP contribution in [0.4, 0.5) is 0 Å². The normalized spacial score (nSPS) is 12.8. The summed E-state index contributed by atoms with van der Waals surface area (Å²) in [5.41, 5.74) is 1.04. The molecule has 0 N–H and O–H groups in total. The maximum absolute atomic E-state index is 10.7. The fraction of sp³-hybridized carbons (Fsp3) is 0.500. The van der Waals surface area contributed by atoms with Gasteiger partial charge in [0.15, 0.2) is 0 Å². The van der Waals surface area contributed by atoms with E-state index in [-0.39, 0.29) is 34.5 Å². The molecule has 0 bridgehead atoms. The molecular weight excluding hydrogens is 327 g/mol. The number of hydrogen-bond donors (Lipinski definition) is 0. The monoisotopic (exact) mass is 342 g/mol. The molecule has 0 saturated carbocycles. The van der Waals surface area contributed by atoms with E-state index >= 15 is 0 Å². The summed E-state index contributed by atoms with van der Waals surface area (Å²) in [5.74, 6) is 0. The van der Waals surface area contributed by atoms with Crippen molar-refractivity contribution in [2.24, 2.45) is 0 Å². The molecule has 0 aliphatic rings. The maximum atomic E-state index is 10.7. The molecule has 0 aliphatic carbocycles. The van der Waals surface area contributed by atoms with Crippen LogP contribution >= 0.6 is 15.9 Å². The molecule has 96 valence electrons. The van der Waals surface area contributed by atoms with E-state index < -0.39 is 10.1 Å². The maximum Gasteiger partial charge on any atom is 1.00 e. The molecule has 1 rings (SSSR count). The summed E-state index contributed by atoms with van der Waals surface area (Å²) in [6.07, 6.45) is 4.27. The zero-order chi connectivity index (χ0) is 12.9. The molecule has 6 heteroatoms. The Morgan fingerprint density at radius 3 is 2.28 bits per heavy atom. The van der Waals surface area contributed by atoms with Crippen molar-refractivity contribution in [1.82, 2.24) is 0 Å². The van der Waals surface area contributed by atoms with Crippen molar-refractivity contribution in [2.75, 3.05) is 0 Å². The van der Waals surface area contributed by atoms with Crippen molar-refractivity contribution >= 4 is 26.0 Å². The number of rotatable bonds is 6. The van der Waals surface area contributed by atoms with Gasteiger partial charge in [-0.25, -0.2) is 8.42 Å². The van der Waals surface area contributed by atoms with Crippen LogP contribution in [0.15, 0.2) is 29.2 Å². The first-order valence-corrected chi connectivity index (χ1v) is 7.94. The molecule has 0 fully saturated rings. The first-order chi connectivity index (χ1) is 7.93. The van der Waals surface area contributed by atoms with Gasteiger partial charge in [0.05, 0.1) is 4.90 Å². The van der Waals surface area contributed by atoms with Gasteiger partial charge in [0.1, 0.15) is 10.1 Å². The Morgan fingerprint density at radius 2 is 1.83 bits per heavy atom. The van der Waals surface area contributed by atoms with Crippen LogP contribution in [0.2, 0.25) is 0 Å². The zero-order valence-corrected chi connectivity index (χ0v) is 15.1. The van der Waals surface area contributed by atoms with Crippen LogP contribution in [0.1, 0.15) is 31.7 Å². The van der Waals surface area contributed by atoms with Crippen LogP contribution in [0.5, 0.6) is 0 Å². The molecule has 1 atom stereocenters. The molecule has 18 heavy (non-hydrogen) atoms. The molecule has 3 nitrogen and oxygen atoms in total. The van der Waals surface area contributed by atoms with Crippen molar-refractivity contribution in [3.05, 3.63) is 29.8 Å². The van der Waals surface area contributed by atoms with E-state index in [2.05, 4.69) is 22.9 Å². The van der Waals surface area contributed by atoms with Crippen LogP contribution in [-0.4, -0.2) is 17.8 Å². The second-order valence-electron chi connectivity index (χ2n) is 4.04. The fourth-order valence-electron chi connectivity index (χ4n) is 1.58. The van der Waals surface area contributed by atoms with E-state index in [4.69, 9.17) is 0 Å². The van der Waals surface area contributed by atoms with Crippen LogP contribution in [-0.2, 0) is 16.5 Å². The smallest absolute Gasteiger partial charge is 0.744 e. The quantitative estimate of drug-likeness (QED) is 0.418. The van der Waals surface area contributed by atoms with E-state index in [1.807, 2.05) is 0 Å². The van der Waals surface area contributed by atoms with Gasteiger partial charge >= 0.3 is 29.6 Å². The third-order valence-corrected chi connectivity index (χ3v) is 4.17. The molecule has 1 aromatic rings. The third-order valence-electron chi connectivity index (χ3n) is 2.54. The average molecular weight is 343 g/mol. The second-order valence-corrected chi connectivity index (χ2v) is 6.72. The van der Waals surface area contributed by atoms with Crippen LogP contribution in [0, 0.1) is 0 Å². The molecule has 0 heterocycles. The number of halogens is 1.